The van der Waals surface area contributed by atoms with Crippen molar-refractivity contribution < 1.29 is 33.6 Å². The third-order valence-corrected chi connectivity index (χ3v) is 9.24. The Bertz CT molecular complexity index is 1590. The van der Waals surface area contributed by atoms with E-state index in [1.54, 1.807) is 6.08 Å². The molecule has 0 saturated carbocycles. The van der Waals surface area contributed by atoms with Gasteiger partial charge in [0.2, 0.25) is 10.6 Å². The van der Waals surface area contributed by atoms with Crippen molar-refractivity contribution >= 4 is 40.9 Å². The van der Waals surface area contributed by atoms with Gasteiger partial charge < -0.3 is 39.4 Å². The minimum absolute atomic E-state index is 0.0112. The van der Waals surface area contributed by atoms with Crippen LogP contribution in [0.4, 0.5) is 4.79 Å². The Labute approximate surface area is 275 Å². The number of halogens is 3. The molecule has 0 radical (unpaired) electrons. The number of hydrogen-bond donors (Lipinski definition) is 3. The monoisotopic (exact) mass is 678 g/mol. The summed E-state index contributed by atoms with van der Waals surface area (Å²) in [7, 11) is 1.53. The lowest BCUT2D eigenvalue weighted by Gasteiger charge is -2.56. The van der Waals surface area contributed by atoms with E-state index in [9.17, 15) is 15.2 Å². The lowest BCUT2D eigenvalue weighted by molar-refractivity contribution is -0.00130. The van der Waals surface area contributed by atoms with Crippen LogP contribution in [-0.4, -0.2) is 71.7 Å². The van der Waals surface area contributed by atoms with Crippen molar-refractivity contribution in [2.45, 2.75) is 60.7 Å². The maximum atomic E-state index is 12.8. The van der Waals surface area contributed by atoms with E-state index in [4.69, 9.17) is 58.5 Å². The van der Waals surface area contributed by atoms with Gasteiger partial charge in [-0.2, -0.15) is 5.26 Å². The van der Waals surface area contributed by atoms with E-state index >= 15 is 0 Å². The first-order chi connectivity index (χ1) is 21.5. The van der Waals surface area contributed by atoms with Gasteiger partial charge in [0.05, 0.1) is 25.3 Å². The second kappa shape index (κ2) is 12.2. The Morgan fingerprint density at radius 3 is 2.71 bits per heavy atom. The molecule has 45 heavy (non-hydrogen) atoms. The molecule has 0 aromatic heterocycles. The highest BCUT2D eigenvalue weighted by molar-refractivity contribution is 6.67. The first-order valence-corrected chi connectivity index (χ1v) is 15.6. The number of alkyl carbamates (subject to hydrolysis) is 1. The van der Waals surface area contributed by atoms with E-state index in [1.165, 1.54) is 7.11 Å². The summed E-state index contributed by atoms with van der Waals surface area (Å²) in [5.74, 6) is 2.18. The van der Waals surface area contributed by atoms with Gasteiger partial charge >= 0.3 is 6.09 Å². The summed E-state index contributed by atoms with van der Waals surface area (Å²) in [4.78, 5) is 14.9. The molecule has 6 rings (SSSR count). The third-order valence-electron chi connectivity index (χ3n) is 8.91. The minimum atomic E-state index is -1.78. The average molecular weight is 680 g/mol. The van der Waals surface area contributed by atoms with Gasteiger partial charge in [-0.1, -0.05) is 53.5 Å². The second-order valence-corrected chi connectivity index (χ2v) is 14.0. The summed E-state index contributed by atoms with van der Waals surface area (Å²) in [6.45, 7) is 7.44. The Morgan fingerprint density at radius 2 is 2.02 bits per heavy atom. The van der Waals surface area contributed by atoms with E-state index in [0.717, 1.165) is 33.4 Å². The van der Waals surface area contributed by atoms with E-state index in [0.29, 0.717) is 35.8 Å². The number of amides is 1. The fraction of sp³-hybridized carbons (Fsp3) is 0.484. The molecule has 0 aliphatic carbocycles. The standard InChI is InChI=1S/C31H33Cl3N4O7/c1-5-6-42-27-15(3)28-29(45-13-44-28)23-17(27)9-19-24-22-16(7-14(2)26(41-4)25(22)39)8-18(37-24)20(10-35)38(19)21(23)11-36-30(40)43-12-31(32,33)34/h5,7,18-21,24,37,39H,1,6,8-9,11-13H2,2-4H3,(H,36,40)/t18-,19?,20+,21+,24-/m1/s1. The first-order valence-electron chi connectivity index (χ1n) is 14.5. The number of ether oxygens (including phenoxy) is 5. The number of rotatable bonds is 7. The highest BCUT2D eigenvalue weighted by atomic mass is 35.6. The van der Waals surface area contributed by atoms with Crippen molar-refractivity contribution in [3.8, 4) is 34.8 Å². The topological polar surface area (TPSA) is 135 Å². The predicted octanol–water partition coefficient (Wildman–Crippen LogP) is 4.84. The summed E-state index contributed by atoms with van der Waals surface area (Å²) in [6, 6.07) is 2.33. The lowest BCUT2D eigenvalue weighted by atomic mass is 9.72. The summed E-state index contributed by atoms with van der Waals surface area (Å²) < 4.78 is 27.2. The van der Waals surface area contributed by atoms with Gasteiger partial charge in [0.15, 0.2) is 23.0 Å². The second-order valence-electron chi connectivity index (χ2n) is 11.5. The Balaban J connectivity index is 1.51. The zero-order chi connectivity index (χ0) is 32.2. The maximum Gasteiger partial charge on any atom is 0.407 e. The third kappa shape index (κ3) is 5.47. The van der Waals surface area contributed by atoms with Crippen LogP contribution in [-0.2, 0) is 17.6 Å². The Hall–Kier alpha value is -3.27. The first kappa shape index (κ1) is 31.7. The largest absolute Gasteiger partial charge is 0.504 e. The highest BCUT2D eigenvalue weighted by Crippen LogP contribution is 2.56. The van der Waals surface area contributed by atoms with Crippen molar-refractivity contribution in [3.63, 3.8) is 0 Å². The molecule has 2 aromatic rings. The number of phenolic OH excluding ortho intramolecular Hbond substituents is 1. The summed E-state index contributed by atoms with van der Waals surface area (Å²) in [6.07, 6.45) is 1.81. The van der Waals surface area contributed by atoms with Crippen LogP contribution in [0.5, 0.6) is 28.7 Å². The van der Waals surface area contributed by atoms with E-state index < -0.39 is 28.6 Å². The molecule has 1 unspecified atom stereocenters. The number of aryl methyl sites for hydroxylation is 1. The number of nitrogens with one attached hydrogen (secondary N) is 2. The summed E-state index contributed by atoms with van der Waals surface area (Å²) >= 11 is 17.4. The molecule has 14 heteroatoms. The van der Waals surface area contributed by atoms with E-state index in [-0.39, 0.29) is 43.8 Å². The number of nitrogens with zero attached hydrogens (tertiary/aromatic N) is 2. The van der Waals surface area contributed by atoms with Gasteiger partial charge in [0.1, 0.15) is 25.0 Å². The molecule has 2 bridgehead atoms. The minimum Gasteiger partial charge on any atom is -0.504 e. The number of methoxy groups -OCH3 is 1. The number of carbonyl (C=O) groups is 1. The molecular formula is C31H33Cl3N4O7. The van der Waals surface area contributed by atoms with Gasteiger partial charge in [-0.3, -0.25) is 4.90 Å². The van der Waals surface area contributed by atoms with Crippen molar-refractivity contribution in [2.75, 3.05) is 33.7 Å². The normalized spacial score (nSPS) is 24.4. The fourth-order valence-corrected chi connectivity index (χ4v) is 7.49. The highest BCUT2D eigenvalue weighted by Gasteiger charge is 2.54. The molecule has 5 atom stereocenters. The Kier molecular flexibility index (Phi) is 8.56. The number of nitriles is 1. The van der Waals surface area contributed by atoms with Crippen molar-refractivity contribution in [1.29, 1.82) is 5.26 Å². The molecule has 0 spiro atoms. The zero-order valence-corrected chi connectivity index (χ0v) is 27.2. The number of phenols is 1. The number of piperazine rings is 1. The predicted molar refractivity (Wildman–Crippen MR) is 167 cm³/mol. The zero-order valence-electron chi connectivity index (χ0n) is 24.9. The van der Waals surface area contributed by atoms with Gasteiger partial charge in [-0.15, -0.1) is 0 Å². The van der Waals surface area contributed by atoms with E-state index in [2.05, 4.69) is 28.2 Å². The number of aromatic hydroxyl groups is 1. The number of carbonyl (C=O) groups excluding carboxylic acids is 1. The molecule has 240 valence electrons. The molecule has 1 fully saturated rings. The van der Waals surface area contributed by atoms with Crippen LogP contribution < -0.4 is 29.6 Å². The van der Waals surface area contributed by atoms with Gasteiger partial charge in [0.25, 0.3) is 0 Å². The van der Waals surface area contributed by atoms with Crippen molar-refractivity contribution in [1.82, 2.24) is 15.5 Å². The van der Waals surface area contributed by atoms with Crippen LogP contribution >= 0.6 is 34.8 Å². The van der Waals surface area contributed by atoms with Crippen molar-refractivity contribution in [2.24, 2.45) is 0 Å². The molecule has 1 saturated heterocycles. The quantitative estimate of drug-likeness (QED) is 0.276. The smallest absolute Gasteiger partial charge is 0.407 e. The molecule has 11 nitrogen and oxygen atoms in total. The molecule has 3 N–H and O–H groups in total. The summed E-state index contributed by atoms with van der Waals surface area (Å²) in [5, 5.41) is 28.6. The van der Waals surface area contributed by atoms with Crippen LogP contribution in [0.2, 0.25) is 0 Å². The summed E-state index contributed by atoms with van der Waals surface area (Å²) in [5.41, 5.74) is 4.86. The molecule has 2 aromatic carbocycles. The molecular weight excluding hydrogens is 647 g/mol. The Morgan fingerprint density at radius 1 is 1.27 bits per heavy atom. The SMILES string of the molecule is C=CCOc1c(C)c2c(c3c1CC1[C@H]4N[C@H](Cc5cc(C)c(OC)c(O)c54)[C@H](C#N)N1[C@H]3CNC(=O)OCC(Cl)(Cl)Cl)OCO2. The van der Waals surface area contributed by atoms with Crippen LogP contribution in [0.1, 0.15) is 45.5 Å². The number of alkyl halides is 3. The molecule has 4 aliphatic heterocycles. The fourth-order valence-electron chi connectivity index (χ4n) is 7.33. The number of fused-ring (bicyclic) bond motifs is 9. The number of benzene rings is 2. The van der Waals surface area contributed by atoms with Crippen molar-refractivity contribution in [3.05, 3.63) is 52.1 Å². The van der Waals surface area contributed by atoms with Gasteiger partial charge in [-0.05, 0) is 37.8 Å². The van der Waals surface area contributed by atoms with Gasteiger partial charge in [0, 0.05) is 40.9 Å². The van der Waals surface area contributed by atoms with Crippen LogP contribution in [0, 0.1) is 25.2 Å². The lowest BCUT2D eigenvalue weighted by Crippen LogP contribution is -2.68. The van der Waals surface area contributed by atoms with Crippen LogP contribution in [0.25, 0.3) is 0 Å². The van der Waals surface area contributed by atoms with Crippen LogP contribution in [0.15, 0.2) is 18.7 Å². The molecule has 4 aliphatic rings. The van der Waals surface area contributed by atoms with E-state index in [1.807, 2.05) is 19.9 Å². The number of hydrogen-bond acceptors (Lipinski definition) is 10. The van der Waals surface area contributed by atoms with Crippen LogP contribution in [0.3, 0.4) is 0 Å². The maximum absolute atomic E-state index is 12.8. The van der Waals surface area contributed by atoms with Gasteiger partial charge in [-0.25, -0.2) is 4.79 Å². The molecule has 1 amide bonds. The average Bonchev–Trinajstić information content (AvgIpc) is 3.49. The molecule has 4 heterocycles.